The second-order valence-electron chi connectivity index (χ2n) is 10.3. The Morgan fingerprint density at radius 2 is 1.85 bits per heavy atom. The SMILES string of the molecule is CC(COc1ccc(-c2cnc(N)c(C(=O)Nc3cnccc3N3CCOCC3)n2)cc1)NC(=O)OC(C)(C)C. The second kappa shape index (κ2) is 12.6. The van der Waals surface area contributed by atoms with Gasteiger partial charge in [0.25, 0.3) is 5.91 Å². The lowest BCUT2D eigenvalue weighted by molar-refractivity contribution is 0.0493. The Hall–Kier alpha value is -4.45. The Morgan fingerprint density at radius 1 is 1.12 bits per heavy atom. The molecule has 12 heteroatoms. The van der Waals surface area contributed by atoms with Crippen LogP contribution < -0.4 is 26.0 Å². The van der Waals surface area contributed by atoms with Crippen LogP contribution in [0.4, 0.5) is 22.0 Å². The van der Waals surface area contributed by atoms with Crippen LogP contribution in [0.5, 0.6) is 5.75 Å². The normalized spacial score (nSPS) is 14.2. The van der Waals surface area contributed by atoms with Crippen molar-refractivity contribution in [2.24, 2.45) is 0 Å². The lowest BCUT2D eigenvalue weighted by atomic mass is 10.1. The summed E-state index contributed by atoms with van der Waals surface area (Å²) >= 11 is 0. The van der Waals surface area contributed by atoms with Crippen molar-refractivity contribution in [2.75, 3.05) is 48.9 Å². The molecule has 2 aromatic heterocycles. The number of pyridine rings is 1. The maximum absolute atomic E-state index is 13.2. The minimum atomic E-state index is -0.573. The molecule has 1 atom stereocenters. The average molecular weight is 550 g/mol. The van der Waals surface area contributed by atoms with Gasteiger partial charge in [-0.25, -0.2) is 14.8 Å². The summed E-state index contributed by atoms with van der Waals surface area (Å²) in [4.78, 5) is 40.1. The van der Waals surface area contributed by atoms with Crippen molar-refractivity contribution in [3.63, 3.8) is 0 Å². The molecule has 212 valence electrons. The summed E-state index contributed by atoms with van der Waals surface area (Å²) in [6.45, 7) is 10.1. The van der Waals surface area contributed by atoms with Gasteiger partial charge in [0, 0.05) is 24.8 Å². The number of hydrogen-bond donors (Lipinski definition) is 3. The molecule has 1 aliphatic heterocycles. The number of carbonyl (C=O) groups excluding carboxylic acids is 2. The van der Waals surface area contributed by atoms with E-state index in [1.54, 1.807) is 57.4 Å². The number of nitrogens with zero attached hydrogens (tertiary/aromatic N) is 4. The number of alkyl carbamates (subject to hydrolysis) is 1. The zero-order valence-electron chi connectivity index (χ0n) is 23.1. The van der Waals surface area contributed by atoms with Gasteiger partial charge in [0.05, 0.1) is 48.7 Å². The van der Waals surface area contributed by atoms with Gasteiger partial charge in [-0.2, -0.15) is 0 Å². The van der Waals surface area contributed by atoms with Crippen LogP contribution in [-0.4, -0.2) is 71.5 Å². The molecule has 1 saturated heterocycles. The van der Waals surface area contributed by atoms with Crippen molar-refractivity contribution in [1.29, 1.82) is 0 Å². The molecule has 1 aromatic carbocycles. The molecule has 4 rings (SSSR count). The fourth-order valence-electron chi connectivity index (χ4n) is 3.94. The van der Waals surface area contributed by atoms with Crippen LogP contribution in [0.15, 0.2) is 48.9 Å². The Bertz CT molecular complexity index is 1320. The molecule has 1 aliphatic rings. The third-order valence-electron chi connectivity index (χ3n) is 5.83. The van der Waals surface area contributed by atoms with Gasteiger partial charge in [-0.05, 0) is 58.0 Å². The first-order chi connectivity index (χ1) is 19.1. The summed E-state index contributed by atoms with van der Waals surface area (Å²) in [6, 6.07) is 8.75. The molecule has 0 radical (unpaired) electrons. The number of amides is 2. The fourth-order valence-corrected chi connectivity index (χ4v) is 3.94. The van der Waals surface area contributed by atoms with Crippen LogP contribution in [0.1, 0.15) is 38.2 Å². The number of ether oxygens (including phenoxy) is 3. The monoisotopic (exact) mass is 549 g/mol. The van der Waals surface area contributed by atoms with Crippen LogP contribution >= 0.6 is 0 Å². The molecule has 4 N–H and O–H groups in total. The summed E-state index contributed by atoms with van der Waals surface area (Å²) in [6.07, 6.45) is 4.29. The highest BCUT2D eigenvalue weighted by atomic mass is 16.6. The largest absolute Gasteiger partial charge is 0.491 e. The zero-order valence-corrected chi connectivity index (χ0v) is 23.1. The highest BCUT2D eigenvalue weighted by Crippen LogP contribution is 2.27. The molecular weight excluding hydrogens is 514 g/mol. The number of carbonyl (C=O) groups is 2. The maximum atomic E-state index is 13.2. The topological polar surface area (TPSA) is 154 Å². The summed E-state index contributed by atoms with van der Waals surface area (Å²) < 4.78 is 16.5. The number of anilines is 3. The quantitative estimate of drug-likeness (QED) is 0.380. The van der Waals surface area contributed by atoms with Gasteiger partial charge in [-0.15, -0.1) is 0 Å². The molecule has 1 fully saturated rings. The summed E-state index contributed by atoms with van der Waals surface area (Å²) in [5.41, 5.74) is 8.07. The van der Waals surface area contributed by atoms with Crippen LogP contribution in [0.2, 0.25) is 0 Å². The fraction of sp³-hybridized carbons (Fsp3) is 0.393. The van der Waals surface area contributed by atoms with Crippen molar-refractivity contribution in [1.82, 2.24) is 20.3 Å². The van der Waals surface area contributed by atoms with Crippen molar-refractivity contribution >= 4 is 29.2 Å². The molecular formula is C28H35N7O5. The predicted octanol–water partition coefficient (Wildman–Crippen LogP) is 3.50. The molecule has 40 heavy (non-hydrogen) atoms. The Labute approximate surface area is 233 Å². The number of nitrogens with one attached hydrogen (secondary N) is 2. The van der Waals surface area contributed by atoms with E-state index in [-0.39, 0.29) is 24.2 Å². The van der Waals surface area contributed by atoms with E-state index in [2.05, 4.69) is 30.5 Å². The van der Waals surface area contributed by atoms with Crippen molar-refractivity contribution in [2.45, 2.75) is 39.3 Å². The first-order valence-electron chi connectivity index (χ1n) is 13.0. The van der Waals surface area contributed by atoms with E-state index >= 15 is 0 Å². The van der Waals surface area contributed by atoms with Gasteiger partial charge in [0.1, 0.15) is 18.0 Å². The number of hydrogen-bond acceptors (Lipinski definition) is 10. The lowest BCUT2D eigenvalue weighted by Gasteiger charge is -2.30. The molecule has 3 heterocycles. The van der Waals surface area contributed by atoms with E-state index in [1.165, 1.54) is 6.20 Å². The van der Waals surface area contributed by atoms with Gasteiger partial charge in [-0.1, -0.05) is 0 Å². The van der Waals surface area contributed by atoms with E-state index in [0.29, 0.717) is 43.4 Å². The number of rotatable bonds is 8. The molecule has 0 aliphatic carbocycles. The minimum absolute atomic E-state index is 0.0108. The van der Waals surface area contributed by atoms with Crippen LogP contribution in [0.3, 0.4) is 0 Å². The maximum Gasteiger partial charge on any atom is 0.407 e. The van der Waals surface area contributed by atoms with Crippen molar-refractivity contribution in [3.05, 3.63) is 54.6 Å². The minimum Gasteiger partial charge on any atom is -0.491 e. The molecule has 0 spiro atoms. The standard InChI is InChI=1S/C28H35N7O5/c1-18(32-27(37)40-28(2,3)4)17-39-20-7-5-19(6-8-20)21-16-31-25(29)24(33-21)26(36)34-22-15-30-10-9-23(22)35-11-13-38-14-12-35/h5-10,15-16,18H,11-14,17H2,1-4H3,(H2,29,31)(H,32,37)(H,34,36). The summed E-state index contributed by atoms with van der Waals surface area (Å²) in [5, 5.41) is 5.62. The van der Waals surface area contributed by atoms with Gasteiger partial charge < -0.3 is 35.5 Å². The predicted molar refractivity (Wildman–Crippen MR) is 151 cm³/mol. The average Bonchev–Trinajstić information content (AvgIpc) is 2.92. The number of aromatic nitrogens is 3. The lowest BCUT2D eigenvalue weighted by Crippen LogP contribution is -2.40. The van der Waals surface area contributed by atoms with Crippen molar-refractivity contribution < 1.29 is 23.8 Å². The molecule has 12 nitrogen and oxygen atoms in total. The second-order valence-corrected chi connectivity index (χ2v) is 10.3. The van der Waals surface area contributed by atoms with E-state index in [1.807, 2.05) is 13.0 Å². The van der Waals surface area contributed by atoms with E-state index in [9.17, 15) is 9.59 Å². The van der Waals surface area contributed by atoms with E-state index in [0.717, 1.165) is 11.3 Å². The van der Waals surface area contributed by atoms with Crippen LogP contribution in [0, 0.1) is 0 Å². The Morgan fingerprint density at radius 3 is 2.55 bits per heavy atom. The molecule has 1 unspecified atom stereocenters. The number of benzene rings is 1. The molecule has 3 aromatic rings. The number of nitrogen functional groups attached to an aromatic ring is 1. The van der Waals surface area contributed by atoms with Gasteiger partial charge in [0.15, 0.2) is 11.5 Å². The van der Waals surface area contributed by atoms with E-state index < -0.39 is 17.6 Å². The smallest absolute Gasteiger partial charge is 0.407 e. The van der Waals surface area contributed by atoms with Crippen LogP contribution in [0.25, 0.3) is 11.3 Å². The molecule has 0 saturated carbocycles. The van der Waals surface area contributed by atoms with Crippen LogP contribution in [-0.2, 0) is 9.47 Å². The first kappa shape index (κ1) is 28.6. The number of nitrogens with two attached hydrogens (primary N) is 1. The number of morpholine rings is 1. The first-order valence-corrected chi connectivity index (χ1v) is 13.0. The summed E-state index contributed by atoms with van der Waals surface area (Å²) in [7, 11) is 0. The Kier molecular flexibility index (Phi) is 9.00. The third kappa shape index (κ3) is 7.79. The van der Waals surface area contributed by atoms with E-state index in [4.69, 9.17) is 19.9 Å². The highest BCUT2D eigenvalue weighted by molar-refractivity contribution is 6.07. The zero-order chi connectivity index (χ0) is 28.7. The summed E-state index contributed by atoms with van der Waals surface area (Å²) in [5.74, 6) is 0.139. The highest BCUT2D eigenvalue weighted by Gasteiger charge is 2.20. The molecule has 2 amide bonds. The van der Waals surface area contributed by atoms with Gasteiger partial charge in [0.2, 0.25) is 0 Å². The van der Waals surface area contributed by atoms with Gasteiger partial charge >= 0.3 is 6.09 Å². The Balaban J connectivity index is 1.40. The van der Waals surface area contributed by atoms with Gasteiger partial charge in [-0.3, -0.25) is 9.78 Å². The third-order valence-corrected chi connectivity index (χ3v) is 5.83. The molecule has 0 bridgehead atoms. The van der Waals surface area contributed by atoms with Crippen molar-refractivity contribution in [3.8, 4) is 17.0 Å².